The zero-order chi connectivity index (χ0) is 12.3. The molecule has 2 aromatic rings. The molecular formula is C14H13N3. The first-order chi connectivity index (χ1) is 8.22. The highest BCUT2D eigenvalue weighted by molar-refractivity contribution is 5.60. The second-order valence-electron chi connectivity index (χ2n) is 3.85. The van der Waals surface area contributed by atoms with E-state index in [1.807, 2.05) is 18.2 Å². The third kappa shape index (κ3) is 2.48. The Morgan fingerprint density at radius 2 is 1.88 bits per heavy atom. The zero-order valence-corrected chi connectivity index (χ0v) is 9.94. The Morgan fingerprint density at radius 1 is 1.18 bits per heavy atom. The number of aryl methyl sites for hydroxylation is 2. The minimum atomic E-state index is 0.409. The lowest BCUT2D eigenvalue weighted by Crippen LogP contribution is -1.94. The van der Waals surface area contributed by atoms with Crippen molar-refractivity contribution in [2.75, 3.05) is 0 Å². The van der Waals surface area contributed by atoms with E-state index in [4.69, 9.17) is 5.26 Å². The molecule has 0 saturated heterocycles. The molecule has 3 nitrogen and oxygen atoms in total. The van der Waals surface area contributed by atoms with Gasteiger partial charge < -0.3 is 0 Å². The van der Waals surface area contributed by atoms with Crippen LogP contribution in [0.3, 0.4) is 0 Å². The minimum Gasteiger partial charge on any atom is -0.233 e. The average molecular weight is 223 g/mol. The molecule has 1 aromatic carbocycles. The van der Waals surface area contributed by atoms with Crippen LogP contribution in [0.1, 0.15) is 24.0 Å². The van der Waals surface area contributed by atoms with Gasteiger partial charge in [0.25, 0.3) is 0 Å². The van der Waals surface area contributed by atoms with Gasteiger partial charge in [-0.2, -0.15) is 5.26 Å². The molecule has 0 unspecified atom stereocenters. The fraction of sp³-hybridized carbons (Fsp3) is 0.214. The largest absolute Gasteiger partial charge is 0.233 e. The third-order valence-electron chi connectivity index (χ3n) is 2.61. The van der Waals surface area contributed by atoms with E-state index in [1.165, 1.54) is 5.56 Å². The summed E-state index contributed by atoms with van der Waals surface area (Å²) in [5.41, 5.74) is 3.52. The van der Waals surface area contributed by atoms with E-state index in [0.717, 1.165) is 17.7 Å². The van der Waals surface area contributed by atoms with Crippen molar-refractivity contribution in [3.05, 3.63) is 47.4 Å². The van der Waals surface area contributed by atoms with E-state index in [0.29, 0.717) is 11.5 Å². The first-order valence-corrected chi connectivity index (χ1v) is 5.58. The van der Waals surface area contributed by atoms with Crippen LogP contribution in [0.2, 0.25) is 0 Å². The van der Waals surface area contributed by atoms with Crippen molar-refractivity contribution in [3.8, 4) is 17.3 Å². The van der Waals surface area contributed by atoms with Crippen molar-refractivity contribution in [3.63, 3.8) is 0 Å². The van der Waals surface area contributed by atoms with E-state index in [2.05, 4.69) is 29.0 Å². The highest BCUT2D eigenvalue weighted by Crippen LogP contribution is 2.18. The van der Waals surface area contributed by atoms with Gasteiger partial charge >= 0.3 is 0 Å². The van der Waals surface area contributed by atoms with Crippen LogP contribution in [0, 0.1) is 18.3 Å². The van der Waals surface area contributed by atoms with Gasteiger partial charge in [0.15, 0.2) is 0 Å². The van der Waals surface area contributed by atoms with Gasteiger partial charge in [0.05, 0.1) is 5.69 Å². The maximum Gasteiger partial charge on any atom is 0.144 e. The average Bonchev–Trinajstić information content (AvgIpc) is 2.38. The number of hydrogen-bond acceptors (Lipinski definition) is 3. The zero-order valence-electron chi connectivity index (χ0n) is 9.94. The molecule has 0 radical (unpaired) electrons. The molecule has 0 N–H and O–H groups in total. The van der Waals surface area contributed by atoms with Gasteiger partial charge in [-0.15, -0.1) is 0 Å². The Bertz CT molecular complexity index is 565. The Labute approximate surface area is 101 Å². The molecule has 84 valence electrons. The molecule has 0 fully saturated rings. The Kier molecular flexibility index (Phi) is 3.15. The quantitative estimate of drug-likeness (QED) is 0.786. The number of rotatable bonds is 2. The van der Waals surface area contributed by atoms with Gasteiger partial charge in [0.1, 0.15) is 17.6 Å². The molecule has 0 aliphatic rings. The fourth-order valence-electron chi connectivity index (χ4n) is 1.68. The molecule has 0 amide bonds. The Balaban J connectivity index is 2.45. The smallest absolute Gasteiger partial charge is 0.144 e. The number of nitriles is 1. The number of aromatic nitrogens is 2. The molecule has 0 aliphatic carbocycles. The summed E-state index contributed by atoms with van der Waals surface area (Å²) in [4.78, 5) is 8.38. The van der Waals surface area contributed by atoms with E-state index < -0.39 is 0 Å². The maximum atomic E-state index is 8.88. The molecule has 0 bridgehead atoms. The van der Waals surface area contributed by atoms with Crippen molar-refractivity contribution in [2.45, 2.75) is 20.3 Å². The summed E-state index contributed by atoms with van der Waals surface area (Å²) in [5, 5.41) is 8.88. The Morgan fingerprint density at radius 3 is 2.47 bits per heavy atom. The monoisotopic (exact) mass is 223 g/mol. The summed E-state index contributed by atoms with van der Waals surface area (Å²) in [6.45, 7) is 3.92. The van der Waals surface area contributed by atoms with Gasteiger partial charge in [-0.05, 0) is 18.9 Å². The normalized spacial score (nSPS) is 9.94. The molecule has 3 heteroatoms. The van der Waals surface area contributed by atoms with Crippen LogP contribution in [0.4, 0.5) is 0 Å². The molecule has 17 heavy (non-hydrogen) atoms. The molecule has 0 atom stereocenters. The van der Waals surface area contributed by atoms with Crippen LogP contribution in [0.15, 0.2) is 30.3 Å². The molecule has 0 aliphatic heterocycles. The summed E-state index contributed by atoms with van der Waals surface area (Å²) >= 11 is 0. The fourth-order valence-corrected chi connectivity index (χ4v) is 1.68. The molecular weight excluding hydrogens is 210 g/mol. The summed E-state index contributed by atoms with van der Waals surface area (Å²) < 4.78 is 0. The molecule has 1 aromatic heterocycles. The van der Waals surface area contributed by atoms with Crippen molar-refractivity contribution in [1.29, 1.82) is 5.26 Å². The van der Waals surface area contributed by atoms with Gasteiger partial charge in [-0.3, -0.25) is 0 Å². The van der Waals surface area contributed by atoms with Crippen molar-refractivity contribution >= 4 is 0 Å². The second-order valence-corrected chi connectivity index (χ2v) is 3.85. The van der Waals surface area contributed by atoms with Crippen LogP contribution in [-0.4, -0.2) is 9.97 Å². The third-order valence-corrected chi connectivity index (χ3v) is 2.61. The summed E-state index contributed by atoms with van der Waals surface area (Å²) in [5.74, 6) is 0.624. The van der Waals surface area contributed by atoms with E-state index in [1.54, 1.807) is 13.0 Å². The van der Waals surface area contributed by atoms with Crippen LogP contribution in [-0.2, 0) is 6.42 Å². The van der Waals surface area contributed by atoms with Crippen molar-refractivity contribution in [1.82, 2.24) is 9.97 Å². The van der Waals surface area contributed by atoms with E-state index in [9.17, 15) is 0 Å². The predicted octanol–water partition coefficient (Wildman–Crippen LogP) is 2.89. The van der Waals surface area contributed by atoms with Gasteiger partial charge in [-0.25, -0.2) is 9.97 Å². The lowest BCUT2D eigenvalue weighted by Gasteiger charge is -2.03. The van der Waals surface area contributed by atoms with Gasteiger partial charge in [-0.1, -0.05) is 31.2 Å². The first-order valence-electron chi connectivity index (χ1n) is 5.58. The molecule has 0 spiro atoms. The van der Waals surface area contributed by atoms with Crippen LogP contribution in [0.25, 0.3) is 11.3 Å². The summed E-state index contributed by atoms with van der Waals surface area (Å²) in [6.07, 6.45) is 1.02. The standard InChI is InChI=1S/C14H13N3/c1-3-11-4-6-12(7-5-11)14-8-13(9-15)16-10(2)17-14/h4-8H,3H2,1-2H3. The molecule has 1 heterocycles. The van der Waals surface area contributed by atoms with Gasteiger partial charge in [0, 0.05) is 11.6 Å². The van der Waals surface area contributed by atoms with Crippen LogP contribution < -0.4 is 0 Å². The van der Waals surface area contributed by atoms with E-state index in [-0.39, 0.29) is 0 Å². The second kappa shape index (κ2) is 4.75. The lowest BCUT2D eigenvalue weighted by molar-refractivity contribution is 1.04. The predicted molar refractivity (Wildman–Crippen MR) is 66.3 cm³/mol. The van der Waals surface area contributed by atoms with Gasteiger partial charge in [0.2, 0.25) is 0 Å². The highest BCUT2D eigenvalue weighted by Gasteiger charge is 2.03. The summed E-state index contributed by atoms with van der Waals surface area (Å²) in [7, 11) is 0. The van der Waals surface area contributed by atoms with E-state index >= 15 is 0 Å². The Hall–Kier alpha value is -2.21. The highest BCUT2D eigenvalue weighted by atomic mass is 14.9. The van der Waals surface area contributed by atoms with Crippen molar-refractivity contribution in [2.24, 2.45) is 0 Å². The minimum absolute atomic E-state index is 0.409. The topological polar surface area (TPSA) is 49.6 Å². The number of benzene rings is 1. The summed E-state index contributed by atoms with van der Waals surface area (Å²) in [6, 6.07) is 12.0. The van der Waals surface area contributed by atoms with Crippen LogP contribution >= 0.6 is 0 Å². The first kappa shape index (κ1) is 11.3. The number of hydrogen-bond donors (Lipinski definition) is 0. The van der Waals surface area contributed by atoms with Crippen molar-refractivity contribution < 1.29 is 0 Å². The SMILES string of the molecule is CCc1ccc(-c2cc(C#N)nc(C)n2)cc1. The molecule has 0 saturated carbocycles. The lowest BCUT2D eigenvalue weighted by atomic mass is 10.1. The maximum absolute atomic E-state index is 8.88. The number of nitrogens with zero attached hydrogens (tertiary/aromatic N) is 3. The van der Waals surface area contributed by atoms with Crippen LogP contribution in [0.5, 0.6) is 0 Å². The molecule has 2 rings (SSSR count).